The van der Waals surface area contributed by atoms with Crippen LogP contribution in [0.5, 0.6) is 0 Å². The van der Waals surface area contributed by atoms with E-state index in [1.165, 1.54) is 70.9 Å². The molecule has 0 saturated carbocycles. The summed E-state index contributed by atoms with van der Waals surface area (Å²) in [6, 6.07) is 80.5. The van der Waals surface area contributed by atoms with E-state index in [0.29, 0.717) is 0 Å². The van der Waals surface area contributed by atoms with Crippen LogP contribution in [-0.4, -0.2) is 0 Å². The highest BCUT2D eigenvalue weighted by molar-refractivity contribution is 6.21. The summed E-state index contributed by atoms with van der Waals surface area (Å²) in [6.07, 6.45) is 0. The second-order valence-electron chi connectivity index (χ2n) is 17.3. The Balaban J connectivity index is 0.000000337. The zero-order chi connectivity index (χ0) is 43.0. The van der Waals surface area contributed by atoms with E-state index in [1.54, 1.807) is 0 Å². The van der Waals surface area contributed by atoms with Gasteiger partial charge < -0.3 is 8.83 Å². The third-order valence-electron chi connectivity index (χ3n) is 13.3. The molecule has 14 aromatic rings. The maximum absolute atomic E-state index is 6.73. The van der Waals surface area contributed by atoms with Gasteiger partial charge in [-0.3, -0.25) is 0 Å². The van der Waals surface area contributed by atoms with Crippen LogP contribution in [0.15, 0.2) is 233 Å². The second kappa shape index (κ2) is 14.8. The molecule has 0 aliphatic carbocycles. The van der Waals surface area contributed by atoms with Crippen molar-refractivity contribution in [2.45, 2.75) is 6.92 Å². The Kier molecular flexibility index (Phi) is 8.47. The minimum Gasteiger partial charge on any atom is -0.455 e. The summed E-state index contributed by atoms with van der Waals surface area (Å²) in [7, 11) is 0. The van der Waals surface area contributed by atoms with Crippen molar-refractivity contribution in [1.29, 1.82) is 0 Å². The molecule has 12 aromatic carbocycles. The summed E-state index contributed by atoms with van der Waals surface area (Å²) in [5.41, 5.74) is 11.9. The van der Waals surface area contributed by atoms with Crippen LogP contribution in [0.4, 0.5) is 0 Å². The van der Waals surface area contributed by atoms with Crippen LogP contribution < -0.4 is 0 Å². The molecule has 0 aliphatic rings. The highest BCUT2D eigenvalue weighted by atomic mass is 16.3. The van der Waals surface area contributed by atoms with Gasteiger partial charge in [-0.1, -0.05) is 181 Å². The Morgan fingerprint density at radius 3 is 1.08 bits per heavy atom. The Morgan fingerprint density at radius 1 is 0.246 bits per heavy atom. The summed E-state index contributed by atoms with van der Waals surface area (Å²) in [6.45, 7) is 2.12. The van der Waals surface area contributed by atoms with E-state index >= 15 is 0 Å². The highest BCUT2D eigenvalue weighted by Gasteiger charge is 2.18. The van der Waals surface area contributed by atoms with Crippen molar-refractivity contribution in [3.63, 3.8) is 0 Å². The summed E-state index contributed by atoms with van der Waals surface area (Å²) < 4.78 is 13.5. The topological polar surface area (TPSA) is 26.3 Å². The Morgan fingerprint density at radius 2 is 0.615 bits per heavy atom. The van der Waals surface area contributed by atoms with Gasteiger partial charge in [0, 0.05) is 32.3 Å². The zero-order valence-electron chi connectivity index (χ0n) is 35.7. The van der Waals surface area contributed by atoms with Crippen LogP contribution in [0.1, 0.15) is 5.56 Å². The lowest BCUT2D eigenvalue weighted by Crippen LogP contribution is -1.84. The summed E-state index contributed by atoms with van der Waals surface area (Å²) in [5, 5.41) is 16.7. The molecule has 0 N–H and O–H groups in total. The number of benzene rings is 12. The lowest BCUT2D eigenvalue weighted by atomic mass is 9.93. The van der Waals surface area contributed by atoms with Crippen LogP contribution in [-0.2, 0) is 0 Å². The van der Waals surface area contributed by atoms with Crippen molar-refractivity contribution in [3.05, 3.63) is 230 Å². The van der Waals surface area contributed by atoms with Crippen molar-refractivity contribution in [3.8, 4) is 33.4 Å². The van der Waals surface area contributed by atoms with Gasteiger partial charge in [-0.2, -0.15) is 0 Å². The van der Waals surface area contributed by atoms with Crippen LogP contribution in [0, 0.1) is 6.92 Å². The van der Waals surface area contributed by atoms with E-state index in [9.17, 15) is 0 Å². The van der Waals surface area contributed by atoms with E-state index in [4.69, 9.17) is 8.83 Å². The number of aryl methyl sites for hydroxylation is 1. The molecule has 0 unspecified atom stereocenters. The van der Waals surface area contributed by atoms with Gasteiger partial charge in [-0.15, -0.1) is 0 Å². The molecule has 0 amide bonds. The molecule has 0 radical (unpaired) electrons. The molecule has 0 spiro atoms. The van der Waals surface area contributed by atoms with Gasteiger partial charge in [0.15, 0.2) is 0 Å². The van der Waals surface area contributed by atoms with E-state index in [-0.39, 0.29) is 0 Å². The average molecular weight is 829 g/mol. The lowest BCUT2D eigenvalue weighted by molar-refractivity contribution is 0.672. The first-order valence-corrected chi connectivity index (χ1v) is 22.3. The van der Waals surface area contributed by atoms with Crippen LogP contribution >= 0.6 is 0 Å². The van der Waals surface area contributed by atoms with Crippen molar-refractivity contribution in [2.24, 2.45) is 0 Å². The molecule has 2 nitrogen and oxygen atoms in total. The molecule has 2 heterocycles. The molecule has 65 heavy (non-hydrogen) atoms. The van der Waals surface area contributed by atoms with Gasteiger partial charge in [0.2, 0.25) is 0 Å². The van der Waals surface area contributed by atoms with Crippen molar-refractivity contribution in [2.75, 3.05) is 0 Å². The lowest BCUT2D eigenvalue weighted by Gasteiger charge is -2.09. The summed E-state index contributed by atoms with van der Waals surface area (Å²) in [4.78, 5) is 0. The number of hydrogen-bond acceptors (Lipinski definition) is 2. The number of hydrogen-bond donors (Lipinski definition) is 0. The van der Waals surface area contributed by atoms with E-state index < -0.39 is 0 Å². The molecule has 0 saturated heterocycles. The third-order valence-corrected chi connectivity index (χ3v) is 13.3. The minimum atomic E-state index is 0.874. The van der Waals surface area contributed by atoms with Gasteiger partial charge in [-0.05, 0) is 132 Å². The summed E-state index contributed by atoms with van der Waals surface area (Å²) in [5.74, 6) is 0. The predicted octanol–water partition coefficient (Wildman–Crippen LogP) is 18.2. The Hall–Kier alpha value is -8.46. The first-order valence-electron chi connectivity index (χ1n) is 22.3. The summed E-state index contributed by atoms with van der Waals surface area (Å²) >= 11 is 0. The monoisotopic (exact) mass is 828 g/mol. The Labute approximate surface area is 375 Å². The first kappa shape index (κ1) is 37.1. The normalized spacial score (nSPS) is 11.8. The third kappa shape index (κ3) is 6.25. The Bertz CT molecular complexity index is 3970. The first-order chi connectivity index (χ1) is 32.1. The van der Waals surface area contributed by atoms with Crippen molar-refractivity contribution >= 4 is 97.7 Å². The average Bonchev–Trinajstić information content (AvgIpc) is 3.93. The van der Waals surface area contributed by atoms with Crippen molar-refractivity contribution < 1.29 is 8.83 Å². The SMILES string of the molecule is Cc1ccc2ccccc2c1.c1ccc2cc(-c3cc4c5ccc(-c6ccc7c(c6)oc6c8ccccc8c(-c8ccc9ccccc9c8)cc76)cc5oc4c4ccccc34)ccc2c1. The molecule has 2 heteroatoms. The molecule has 304 valence electrons. The van der Waals surface area contributed by atoms with Gasteiger partial charge in [0.05, 0.1) is 0 Å². The predicted molar refractivity (Wildman–Crippen MR) is 276 cm³/mol. The minimum absolute atomic E-state index is 0.874. The zero-order valence-corrected chi connectivity index (χ0v) is 35.7. The number of rotatable bonds is 3. The van der Waals surface area contributed by atoms with E-state index in [2.05, 4.69) is 231 Å². The standard InChI is InChI=1S/C52H30O2.C11H10/c1-3-11-33-25-37(19-17-31(33)9-1)45-29-47-41-23-21-35(27-49(41)53-51(47)43-15-7-5-13-39(43)45)36-22-24-42-48-30-46(38-20-18-32-10-2-4-12-34(32)26-38)40-14-6-8-16-44(40)52(48)54-50(42)28-36;1-9-6-7-10-4-2-3-5-11(10)8-9/h1-30H;2-8H,1H3. The fraction of sp³-hybridized carbons (Fsp3) is 0.0159. The molecule has 0 aliphatic heterocycles. The van der Waals surface area contributed by atoms with Gasteiger partial charge in [0.1, 0.15) is 22.3 Å². The fourth-order valence-electron chi connectivity index (χ4n) is 10.1. The fourth-order valence-corrected chi connectivity index (χ4v) is 10.1. The number of fused-ring (bicyclic) bond motifs is 13. The maximum Gasteiger partial charge on any atom is 0.143 e. The van der Waals surface area contributed by atoms with E-state index in [0.717, 1.165) is 65.8 Å². The van der Waals surface area contributed by atoms with Crippen LogP contribution in [0.25, 0.3) is 131 Å². The molecule has 0 bridgehead atoms. The van der Waals surface area contributed by atoms with Gasteiger partial charge >= 0.3 is 0 Å². The maximum atomic E-state index is 6.73. The largest absolute Gasteiger partial charge is 0.455 e. The molecule has 14 rings (SSSR count). The van der Waals surface area contributed by atoms with Gasteiger partial charge in [-0.25, -0.2) is 0 Å². The number of furan rings is 2. The van der Waals surface area contributed by atoms with Crippen molar-refractivity contribution in [1.82, 2.24) is 0 Å². The quantitative estimate of drug-likeness (QED) is 0.177. The molecule has 2 aromatic heterocycles. The molecule has 0 atom stereocenters. The molecule has 0 fully saturated rings. The molecular weight excluding hydrogens is 789 g/mol. The van der Waals surface area contributed by atoms with Crippen LogP contribution in [0.2, 0.25) is 0 Å². The smallest absolute Gasteiger partial charge is 0.143 e. The molecular formula is C63H40O2. The second-order valence-corrected chi connectivity index (χ2v) is 17.3. The van der Waals surface area contributed by atoms with E-state index in [1.807, 2.05) is 0 Å². The van der Waals surface area contributed by atoms with Crippen LogP contribution in [0.3, 0.4) is 0 Å². The van der Waals surface area contributed by atoms with Gasteiger partial charge in [0.25, 0.3) is 0 Å². The highest BCUT2D eigenvalue weighted by Crippen LogP contribution is 2.44.